The van der Waals surface area contributed by atoms with E-state index in [1.165, 1.54) is 12.8 Å². The summed E-state index contributed by atoms with van der Waals surface area (Å²) in [5.74, 6) is 0.637. The van der Waals surface area contributed by atoms with Gasteiger partial charge in [-0.05, 0) is 25.5 Å². The van der Waals surface area contributed by atoms with Gasteiger partial charge in [0.05, 0.1) is 12.5 Å². The minimum atomic E-state index is -0.678. The molecule has 1 aromatic heterocycles. The average molecular weight is 330 g/mol. The highest BCUT2D eigenvalue weighted by molar-refractivity contribution is 5.81. The summed E-state index contributed by atoms with van der Waals surface area (Å²) < 4.78 is 5.61. The van der Waals surface area contributed by atoms with Crippen LogP contribution in [0.25, 0.3) is 11.5 Å². The summed E-state index contributed by atoms with van der Waals surface area (Å²) >= 11 is 0. The van der Waals surface area contributed by atoms with E-state index in [2.05, 4.69) is 22.4 Å². The maximum absolute atomic E-state index is 12.0. The smallest absolute Gasteiger partial charge is 0.247 e. The number of carbonyl (C=O) groups is 1. The molecule has 130 valence electrons. The Morgan fingerprint density at radius 3 is 2.67 bits per heavy atom. The Morgan fingerprint density at radius 1 is 1.21 bits per heavy atom. The van der Waals surface area contributed by atoms with Crippen molar-refractivity contribution in [3.05, 3.63) is 35.7 Å². The van der Waals surface area contributed by atoms with Crippen LogP contribution >= 0.6 is 0 Å². The first-order chi connectivity index (χ1) is 11.6. The van der Waals surface area contributed by atoms with Gasteiger partial charge in [-0.3, -0.25) is 4.79 Å². The van der Waals surface area contributed by atoms with Crippen LogP contribution in [0.4, 0.5) is 0 Å². The molecule has 1 amide bonds. The molecule has 1 heterocycles. The van der Waals surface area contributed by atoms with Crippen molar-refractivity contribution >= 4 is 5.91 Å². The number of carbonyl (C=O) groups excluding carboxylic acids is 1. The van der Waals surface area contributed by atoms with E-state index in [0.717, 1.165) is 24.0 Å². The Balaban J connectivity index is 1.82. The number of aryl methyl sites for hydroxylation is 1. The largest absolute Gasteiger partial charge is 0.421 e. The number of amides is 1. The number of hydrogen-bond acceptors (Lipinski definition) is 5. The van der Waals surface area contributed by atoms with E-state index in [-0.39, 0.29) is 12.3 Å². The van der Waals surface area contributed by atoms with E-state index < -0.39 is 6.04 Å². The number of unbranched alkanes of at least 4 members (excludes halogenated alkanes) is 3. The maximum Gasteiger partial charge on any atom is 0.247 e. The van der Waals surface area contributed by atoms with Crippen molar-refractivity contribution in [2.24, 2.45) is 5.73 Å². The number of nitrogens with two attached hydrogens (primary N) is 1. The molecule has 2 aromatic rings. The summed E-state index contributed by atoms with van der Waals surface area (Å²) in [7, 11) is 0. The molecule has 0 spiro atoms. The van der Waals surface area contributed by atoms with Crippen LogP contribution in [-0.4, -0.2) is 28.7 Å². The molecule has 6 heteroatoms. The molecular weight excluding hydrogens is 304 g/mol. The second-order valence-electron chi connectivity index (χ2n) is 6.03. The molecule has 2 rings (SSSR count). The van der Waals surface area contributed by atoms with Crippen LogP contribution < -0.4 is 11.1 Å². The average Bonchev–Trinajstić information content (AvgIpc) is 3.03. The third-order valence-electron chi connectivity index (χ3n) is 3.83. The van der Waals surface area contributed by atoms with E-state index in [4.69, 9.17) is 10.2 Å². The minimum Gasteiger partial charge on any atom is -0.421 e. The Hall–Kier alpha value is -2.21. The van der Waals surface area contributed by atoms with Crippen molar-refractivity contribution in [1.82, 2.24) is 15.5 Å². The lowest BCUT2D eigenvalue weighted by Gasteiger charge is -2.10. The number of hydrogen-bond donors (Lipinski definition) is 2. The van der Waals surface area contributed by atoms with Gasteiger partial charge < -0.3 is 15.5 Å². The van der Waals surface area contributed by atoms with Crippen LogP contribution in [-0.2, 0) is 11.2 Å². The molecule has 0 unspecified atom stereocenters. The van der Waals surface area contributed by atoms with Gasteiger partial charge in [-0.15, -0.1) is 10.2 Å². The van der Waals surface area contributed by atoms with E-state index in [0.29, 0.717) is 18.3 Å². The second kappa shape index (κ2) is 9.17. The molecule has 0 bridgehead atoms. The quantitative estimate of drug-likeness (QED) is 0.689. The fraction of sp³-hybridized carbons (Fsp3) is 0.500. The molecule has 3 N–H and O–H groups in total. The molecule has 6 nitrogen and oxygen atoms in total. The SMILES string of the molecule is CCCCCCNC(=O)[C@@H](N)Cc1nnc(-c2ccc(C)cc2)o1. The molecule has 0 radical (unpaired) electrons. The molecule has 0 fully saturated rings. The standard InChI is InChI=1S/C18H26N4O2/c1-3-4-5-6-11-20-17(23)15(19)12-16-21-22-18(24-16)14-9-7-13(2)8-10-14/h7-10,15H,3-6,11-12,19H2,1-2H3,(H,20,23)/t15-/m0/s1. The van der Waals surface area contributed by atoms with Crippen molar-refractivity contribution in [2.45, 2.75) is 52.0 Å². The molecule has 0 aliphatic carbocycles. The van der Waals surface area contributed by atoms with Gasteiger partial charge in [-0.25, -0.2) is 0 Å². The number of rotatable bonds is 9. The predicted octanol–water partition coefficient (Wildman–Crippen LogP) is 2.61. The van der Waals surface area contributed by atoms with Crippen LogP contribution in [0.15, 0.2) is 28.7 Å². The maximum atomic E-state index is 12.0. The van der Waals surface area contributed by atoms with Gasteiger partial charge in [-0.2, -0.15) is 0 Å². The Labute approximate surface area is 142 Å². The summed E-state index contributed by atoms with van der Waals surface area (Å²) in [4.78, 5) is 12.0. The van der Waals surface area contributed by atoms with E-state index in [1.54, 1.807) is 0 Å². The predicted molar refractivity (Wildman–Crippen MR) is 93.3 cm³/mol. The fourth-order valence-electron chi connectivity index (χ4n) is 2.32. The zero-order valence-corrected chi connectivity index (χ0v) is 14.4. The van der Waals surface area contributed by atoms with Crippen molar-refractivity contribution in [1.29, 1.82) is 0 Å². The highest BCUT2D eigenvalue weighted by Crippen LogP contribution is 2.18. The Bertz CT molecular complexity index is 637. The summed E-state index contributed by atoms with van der Waals surface area (Å²) in [6.45, 7) is 4.83. The van der Waals surface area contributed by atoms with Gasteiger partial charge in [-0.1, -0.05) is 43.9 Å². The number of nitrogens with zero attached hydrogens (tertiary/aromatic N) is 2. The van der Waals surface area contributed by atoms with Gasteiger partial charge in [0.15, 0.2) is 0 Å². The van der Waals surface area contributed by atoms with Crippen LogP contribution in [0.1, 0.15) is 44.1 Å². The highest BCUT2D eigenvalue weighted by Gasteiger charge is 2.18. The lowest BCUT2D eigenvalue weighted by molar-refractivity contribution is -0.122. The van der Waals surface area contributed by atoms with Gasteiger partial charge in [0.25, 0.3) is 0 Å². The van der Waals surface area contributed by atoms with Crippen molar-refractivity contribution in [3.8, 4) is 11.5 Å². The molecule has 0 saturated heterocycles. The normalized spacial score (nSPS) is 12.1. The number of nitrogens with one attached hydrogen (secondary N) is 1. The first-order valence-corrected chi connectivity index (χ1v) is 8.53. The molecule has 0 saturated carbocycles. The molecule has 1 atom stereocenters. The number of aromatic nitrogens is 2. The monoisotopic (exact) mass is 330 g/mol. The first kappa shape index (κ1) is 18.1. The van der Waals surface area contributed by atoms with Crippen molar-refractivity contribution < 1.29 is 9.21 Å². The van der Waals surface area contributed by atoms with E-state index in [9.17, 15) is 4.79 Å². The van der Waals surface area contributed by atoms with Gasteiger partial charge in [0.2, 0.25) is 17.7 Å². The zero-order valence-electron chi connectivity index (χ0n) is 14.4. The number of benzene rings is 1. The molecule has 1 aromatic carbocycles. The second-order valence-corrected chi connectivity index (χ2v) is 6.03. The zero-order chi connectivity index (χ0) is 17.4. The molecule has 24 heavy (non-hydrogen) atoms. The summed E-state index contributed by atoms with van der Waals surface area (Å²) in [5, 5.41) is 10.9. The van der Waals surface area contributed by atoms with Gasteiger partial charge >= 0.3 is 0 Å². The summed E-state index contributed by atoms with van der Waals surface area (Å²) in [5.41, 5.74) is 7.94. The Kier molecular flexibility index (Phi) is 6.93. The minimum absolute atomic E-state index is 0.179. The van der Waals surface area contributed by atoms with Crippen molar-refractivity contribution in [2.75, 3.05) is 6.54 Å². The Morgan fingerprint density at radius 2 is 1.96 bits per heavy atom. The van der Waals surface area contributed by atoms with E-state index >= 15 is 0 Å². The third kappa shape index (κ3) is 5.45. The highest BCUT2D eigenvalue weighted by atomic mass is 16.4. The molecule has 0 aliphatic heterocycles. The van der Waals surface area contributed by atoms with Crippen LogP contribution in [0.2, 0.25) is 0 Å². The van der Waals surface area contributed by atoms with Crippen LogP contribution in [0.5, 0.6) is 0 Å². The topological polar surface area (TPSA) is 94.0 Å². The van der Waals surface area contributed by atoms with Gasteiger partial charge in [0.1, 0.15) is 0 Å². The third-order valence-corrected chi connectivity index (χ3v) is 3.83. The van der Waals surface area contributed by atoms with Gasteiger partial charge in [0, 0.05) is 12.1 Å². The summed E-state index contributed by atoms with van der Waals surface area (Å²) in [6, 6.07) is 7.14. The molecule has 0 aliphatic rings. The fourth-order valence-corrected chi connectivity index (χ4v) is 2.32. The molecular formula is C18H26N4O2. The lowest BCUT2D eigenvalue weighted by atomic mass is 10.1. The van der Waals surface area contributed by atoms with Crippen LogP contribution in [0.3, 0.4) is 0 Å². The van der Waals surface area contributed by atoms with E-state index in [1.807, 2.05) is 31.2 Å². The lowest BCUT2D eigenvalue weighted by Crippen LogP contribution is -2.42. The first-order valence-electron chi connectivity index (χ1n) is 8.53. The van der Waals surface area contributed by atoms with Crippen molar-refractivity contribution in [3.63, 3.8) is 0 Å². The summed E-state index contributed by atoms with van der Waals surface area (Å²) in [6.07, 6.45) is 4.69. The van der Waals surface area contributed by atoms with Crippen LogP contribution in [0, 0.1) is 6.92 Å².